The zero-order valence-corrected chi connectivity index (χ0v) is 53.1. The molecule has 2 heterocycles. The Morgan fingerprint density at radius 2 is 0.934 bits per heavy atom. The first kappa shape index (κ1) is 56.2. The van der Waals surface area contributed by atoms with E-state index in [1.807, 2.05) is 24.3 Å². The topological polar surface area (TPSA) is 32.8 Å². The van der Waals surface area contributed by atoms with Crippen LogP contribution >= 0.6 is 0 Å². The van der Waals surface area contributed by atoms with Gasteiger partial charge in [-0.1, -0.05) is 203 Å². The van der Waals surface area contributed by atoms with Gasteiger partial charge in [-0.25, -0.2) is 8.78 Å². The van der Waals surface area contributed by atoms with E-state index in [9.17, 15) is 0 Å². The van der Waals surface area contributed by atoms with E-state index in [1.165, 1.54) is 50.6 Å². The molecule has 1 spiro atoms. The highest BCUT2D eigenvalue weighted by atomic mass is 19.1. The van der Waals surface area contributed by atoms with Crippen molar-refractivity contribution < 1.29 is 17.6 Å². The number of nitrogens with zero attached hydrogens (tertiary/aromatic N) is 2. The third-order valence-corrected chi connectivity index (χ3v) is 19.5. The number of hydrogen-bond acceptors (Lipinski definition) is 4. The van der Waals surface area contributed by atoms with Gasteiger partial charge in [0, 0.05) is 39.0 Å². The minimum atomic E-state index is -1.26. The molecule has 4 nitrogen and oxygen atoms in total. The molecule has 91 heavy (non-hydrogen) atoms. The summed E-state index contributed by atoms with van der Waals surface area (Å²) in [6.45, 7) is 22.1. The normalized spacial score (nSPS) is 15.8. The lowest BCUT2D eigenvalue weighted by atomic mass is 9.70. The van der Waals surface area contributed by atoms with E-state index >= 15 is 8.78 Å². The van der Waals surface area contributed by atoms with Crippen molar-refractivity contribution in [1.82, 2.24) is 0 Å². The molecule has 13 aromatic rings. The molecule has 0 saturated carbocycles. The first-order chi connectivity index (χ1) is 43.8. The molecule has 3 aliphatic carbocycles. The van der Waals surface area contributed by atoms with E-state index in [2.05, 4.69) is 255 Å². The Bertz CT molecular complexity index is 5200. The highest BCUT2D eigenvalue weighted by Gasteiger charge is 2.55. The van der Waals surface area contributed by atoms with Gasteiger partial charge in [0.2, 0.25) is 0 Å². The lowest BCUT2D eigenvalue weighted by molar-refractivity contribution is 0.590. The first-order valence-electron chi connectivity index (χ1n) is 31.8. The maximum absolute atomic E-state index is 17.0. The zero-order chi connectivity index (χ0) is 62.6. The Morgan fingerprint density at radius 3 is 1.48 bits per heavy atom. The van der Waals surface area contributed by atoms with E-state index < -0.39 is 5.41 Å². The minimum absolute atomic E-state index is 0.0915. The fourth-order valence-electron chi connectivity index (χ4n) is 15.5. The predicted molar refractivity (Wildman–Crippen MR) is 374 cm³/mol. The van der Waals surface area contributed by atoms with Crippen LogP contribution in [-0.4, -0.2) is 6.04 Å². The molecule has 0 bridgehead atoms. The van der Waals surface area contributed by atoms with Crippen LogP contribution in [0.5, 0.6) is 0 Å². The van der Waals surface area contributed by atoms with Crippen LogP contribution in [0, 0.1) is 39.3 Å². The summed E-state index contributed by atoms with van der Waals surface area (Å²) >= 11 is 0. The molecule has 0 radical (unpaired) electrons. The van der Waals surface area contributed by atoms with Gasteiger partial charge in [0.25, 0.3) is 0 Å². The molecule has 2 aromatic heterocycles. The Morgan fingerprint density at radius 1 is 0.440 bits per heavy atom. The van der Waals surface area contributed by atoms with Crippen molar-refractivity contribution in [2.75, 3.05) is 9.80 Å². The summed E-state index contributed by atoms with van der Waals surface area (Å²) < 4.78 is 48.5. The monoisotopic (exact) mass is 1190 g/mol. The molecular weight excluding hydrogens is 1120 g/mol. The van der Waals surface area contributed by atoms with Crippen LogP contribution in [-0.2, 0) is 16.2 Å². The molecule has 0 fully saturated rings. The molecule has 446 valence electrons. The molecule has 3 aliphatic rings. The van der Waals surface area contributed by atoms with E-state index in [4.69, 9.17) is 8.83 Å². The summed E-state index contributed by atoms with van der Waals surface area (Å²) in [7, 11) is 0. The van der Waals surface area contributed by atoms with Crippen molar-refractivity contribution in [1.29, 1.82) is 0 Å². The van der Waals surface area contributed by atoms with E-state index in [-0.39, 0.29) is 28.5 Å². The van der Waals surface area contributed by atoms with Crippen LogP contribution in [0.1, 0.15) is 109 Å². The van der Waals surface area contributed by atoms with Crippen LogP contribution in [0.25, 0.3) is 82.8 Å². The molecule has 0 amide bonds. The van der Waals surface area contributed by atoms with Gasteiger partial charge in [-0.05, 0) is 197 Å². The van der Waals surface area contributed by atoms with Gasteiger partial charge in [-0.2, -0.15) is 0 Å². The van der Waals surface area contributed by atoms with Gasteiger partial charge in [-0.15, -0.1) is 0 Å². The Labute approximate surface area is 531 Å². The van der Waals surface area contributed by atoms with E-state index in [0.717, 1.165) is 111 Å². The molecule has 2 atom stereocenters. The molecule has 11 aromatic carbocycles. The maximum Gasteiger partial charge on any atom is 0.145 e. The fourth-order valence-corrected chi connectivity index (χ4v) is 15.5. The highest BCUT2D eigenvalue weighted by Crippen LogP contribution is 2.68. The summed E-state index contributed by atoms with van der Waals surface area (Å²) in [4.78, 5) is 4.87. The average molecular weight is 1190 g/mol. The van der Waals surface area contributed by atoms with Gasteiger partial charge in [-0.3, -0.25) is 0 Å². The number of fused-ring (bicyclic) bond motifs is 18. The maximum atomic E-state index is 17.0. The summed E-state index contributed by atoms with van der Waals surface area (Å²) in [5.41, 5.74) is 24.5. The van der Waals surface area contributed by atoms with Crippen LogP contribution in [0.4, 0.5) is 37.2 Å². The van der Waals surface area contributed by atoms with Crippen LogP contribution in [0.15, 0.2) is 233 Å². The van der Waals surface area contributed by atoms with Crippen molar-refractivity contribution in [2.24, 2.45) is 0 Å². The smallest absolute Gasteiger partial charge is 0.145 e. The lowest BCUT2D eigenvalue weighted by Gasteiger charge is -2.36. The van der Waals surface area contributed by atoms with Gasteiger partial charge >= 0.3 is 0 Å². The van der Waals surface area contributed by atoms with Crippen LogP contribution < -0.4 is 9.80 Å². The van der Waals surface area contributed by atoms with Gasteiger partial charge < -0.3 is 18.6 Å². The highest BCUT2D eigenvalue weighted by molar-refractivity contribution is 6.25. The van der Waals surface area contributed by atoms with E-state index in [1.54, 1.807) is 18.2 Å². The summed E-state index contributed by atoms with van der Waals surface area (Å²) in [6, 6.07) is 71.8. The second-order valence-corrected chi connectivity index (χ2v) is 27.8. The number of para-hydroxylation sites is 2. The van der Waals surface area contributed by atoms with Crippen molar-refractivity contribution in [3.8, 4) is 33.4 Å². The second kappa shape index (κ2) is 20.5. The van der Waals surface area contributed by atoms with Crippen LogP contribution in [0.3, 0.4) is 0 Å². The van der Waals surface area contributed by atoms with Crippen molar-refractivity contribution in [3.63, 3.8) is 0 Å². The molecule has 0 N–H and O–H groups in total. The fraction of sp³-hybridized carbons (Fsp3) is 0.176. The third-order valence-electron chi connectivity index (χ3n) is 19.5. The number of benzene rings is 11. The van der Waals surface area contributed by atoms with Crippen molar-refractivity contribution in [2.45, 2.75) is 97.9 Å². The molecule has 0 aliphatic heterocycles. The summed E-state index contributed by atoms with van der Waals surface area (Å²) in [6.07, 6.45) is 7.73. The summed E-state index contributed by atoms with van der Waals surface area (Å²) in [5.74, 6) is -0.761. The Kier molecular flexibility index (Phi) is 12.7. The summed E-state index contributed by atoms with van der Waals surface area (Å²) in [5, 5.41) is 3.78. The number of rotatable bonds is 8. The number of hydrogen-bond donors (Lipinski definition) is 0. The van der Waals surface area contributed by atoms with Crippen molar-refractivity contribution in [3.05, 3.63) is 297 Å². The SMILES string of the molecule is Cc1cc(C)cc(C2=CCC(N(c3ccc(C(C)(C)C)cc3)c3cc4c(c5oc6ccccc6c35)-c3c(cc(N(c5ccc(-c6cc(C)cc(C)c6)cc5)c5ccc(C(C)(C)C)cc5)c5c3oc3ccccc35)C43c4ccc(F)cc4-c4ccc(F)cc43)C=C2)c1. The number of allylic oxidation sites excluding steroid dienone is 2. The number of halogens is 2. The van der Waals surface area contributed by atoms with Gasteiger partial charge in [0.05, 0.1) is 33.6 Å². The molecule has 6 heteroatoms. The predicted octanol–water partition coefficient (Wildman–Crippen LogP) is 23.6. The number of anilines is 5. The lowest BCUT2D eigenvalue weighted by Crippen LogP contribution is -2.31. The van der Waals surface area contributed by atoms with E-state index in [0.29, 0.717) is 23.2 Å². The second-order valence-electron chi connectivity index (χ2n) is 27.8. The molecule has 2 unspecified atom stereocenters. The standard InChI is InChI=1S/C85H70F2N2O2/c1-49-39-50(2)42-55(41-49)53-19-29-61(30-20-53)88(63-33-23-57(24-34-63)83(5,6)7)73-47-71-79(81-77(73)66-15-11-13-17-75(66)90-81)80-72(85(71)69-38-28-59(86)45-68(69)65-37-27-60(87)46-70(65)85)48-74(78-67-16-12-14-18-76(67)91-82(78)80)89(64-35-25-58(26-36-64)84(8,9)10)62-31-21-54(22-32-62)56-43-51(3)40-52(4)44-56/h11-31,33-48,62H,32H2,1-10H3. The van der Waals surface area contributed by atoms with Crippen molar-refractivity contribution >= 4 is 77.9 Å². The molecule has 0 saturated heterocycles. The Balaban J connectivity index is 1.04. The largest absolute Gasteiger partial charge is 0.455 e. The average Bonchev–Trinajstić information content (AvgIpc) is 1.49. The number of aryl methyl sites for hydroxylation is 4. The van der Waals surface area contributed by atoms with Crippen LogP contribution in [0.2, 0.25) is 0 Å². The molecule has 16 rings (SSSR count). The number of furan rings is 2. The van der Waals surface area contributed by atoms with Gasteiger partial charge in [0.15, 0.2) is 0 Å². The zero-order valence-electron chi connectivity index (χ0n) is 53.1. The molecular formula is C85H70F2N2O2. The van der Waals surface area contributed by atoms with Gasteiger partial charge in [0.1, 0.15) is 34.0 Å². The first-order valence-corrected chi connectivity index (χ1v) is 31.8. The third kappa shape index (κ3) is 8.88. The Hall–Kier alpha value is -10.0. The minimum Gasteiger partial charge on any atom is -0.455 e. The quantitative estimate of drug-likeness (QED) is 0.152.